The minimum absolute atomic E-state index is 0.261. The molecule has 1 aromatic carbocycles. The maximum Gasteiger partial charge on any atom is 0.270 e. The molecule has 23 heavy (non-hydrogen) atoms. The van der Waals surface area contributed by atoms with E-state index in [2.05, 4.69) is 27.2 Å². The van der Waals surface area contributed by atoms with Crippen molar-refractivity contribution < 1.29 is 9.53 Å². The number of ether oxygens (including phenoxy) is 1. The smallest absolute Gasteiger partial charge is 0.270 e. The van der Waals surface area contributed by atoms with E-state index in [0.717, 1.165) is 5.56 Å². The Kier molecular flexibility index (Phi) is 6.26. The van der Waals surface area contributed by atoms with Crippen molar-refractivity contribution in [2.24, 2.45) is 0 Å². The topological polar surface area (TPSA) is 76.1 Å². The number of benzene rings is 1. The standard InChI is InChI=1S/C17H20N4O2/c1-3-9-18-15-12-14(17(22)19-10-11-23-2)20-16(21-15)13-7-5-4-6-8-13/h3-8,12H,1,9-11H2,2H3,(H,19,22)(H,18,20,21). The van der Waals surface area contributed by atoms with E-state index in [4.69, 9.17) is 4.74 Å². The van der Waals surface area contributed by atoms with Crippen LogP contribution in [0.5, 0.6) is 0 Å². The maximum atomic E-state index is 12.2. The van der Waals surface area contributed by atoms with Crippen LogP contribution in [0, 0.1) is 0 Å². The quantitative estimate of drug-likeness (QED) is 0.577. The summed E-state index contributed by atoms with van der Waals surface area (Å²) in [7, 11) is 1.58. The molecule has 0 atom stereocenters. The summed E-state index contributed by atoms with van der Waals surface area (Å²) in [6.45, 7) is 5.09. The van der Waals surface area contributed by atoms with E-state index >= 15 is 0 Å². The lowest BCUT2D eigenvalue weighted by atomic mass is 10.2. The van der Waals surface area contributed by atoms with Crippen LogP contribution in [-0.2, 0) is 4.74 Å². The van der Waals surface area contributed by atoms with Crippen molar-refractivity contribution in [1.82, 2.24) is 15.3 Å². The van der Waals surface area contributed by atoms with Crippen LogP contribution in [0.15, 0.2) is 49.1 Å². The molecule has 120 valence electrons. The number of amides is 1. The number of nitrogens with one attached hydrogen (secondary N) is 2. The summed E-state index contributed by atoms with van der Waals surface area (Å²) in [4.78, 5) is 21.0. The summed E-state index contributed by atoms with van der Waals surface area (Å²) in [5.41, 5.74) is 1.15. The van der Waals surface area contributed by atoms with E-state index in [1.807, 2.05) is 30.3 Å². The third kappa shape index (κ3) is 4.89. The van der Waals surface area contributed by atoms with Crippen molar-refractivity contribution >= 4 is 11.7 Å². The van der Waals surface area contributed by atoms with Crippen LogP contribution in [0.1, 0.15) is 10.5 Å². The fraction of sp³-hybridized carbons (Fsp3) is 0.235. The fourth-order valence-electron chi connectivity index (χ4n) is 1.90. The molecule has 2 aromatic rings. The Morgan fingerprint density at radius 1 is 1.30 bits per heavy atom. The first-order valence-corrected chi connectivity index (χ1v) is 7.31. The van der Waals surface area contributed by atoms with Crippen molar-refractivity contribution in [3.63, 3.8) is 0 Å². The van der Waals surface area contributed by atoms with Gasteiger partial charge in [0.05, 0.1) is 6.61 Å². The summed E-state index contributed by atoms with van der Waals surface area (Å²) in [6.07, 6.45) is 1.72. The van der Waals surface area contributed by atoms with Gasteiger partial charge in [-0.05, 0) is 0 Å². The number of anilines is 1. The summed E-state index contributed by atoms with van der Waals surface area (Å²) in [6, 6.07) is 11.2. The van der Waals surface area contributed by atoms with Crippen LogP contribution < -0.4 is 10.6 Å². The maximum absolute atomic E-state index is 12.2. The lowest BCUT2D eigenvalue weighted by molar-refractivity contribution is 0.0932. The predicted octanol–water partition coefficient (Wildman–Crippen LogP) is 2.12. The van der Waals surface area contributed by atoms with Crippen molar-refractivity contribution in [3.8, 4) is 11.4 Å². The second-order valence-electron chi connectivity index (χ2n) is 4.75. The molecule has 0 aliphatic carbocycles. The van der Waals surface area contributed by atoms with Crippen LogP contribution in [-0.4, -0.2) is 42.7 Å². The number of hydrogen-bond acceptors (Lipinski definition) is 5. The normalized spacial score (nSPS) is 10.1. The number of hydrogen-bond donors (Lipinski definition) is 2. The zero-order chi connectivity index (χ0) is 16.5. The molecule has 0 saturated heterocycles. The molecular formula is C17H20N4O2. The summed E-state index contributed by atoms with van der Waals surface area (Å²) in [5, 5.41) is 5.85. The molecule has 0 fully saturated rings. The van der Waals surface area contributed by atoms with Crippen LogP contribution in [0.2, 0.25) is 0 Å². The Morgan fingerprint density at radius 2 is 2.09 bits per heavy atom. The van der Waals surface area contributed by atoms with Gasteiger partial charge >= 0.3 is 0 Å². The molecule has 0 aliphatic rings. The Morgan fingerprint density at radius 3 is 2.78 bits per heavy atom. The number of aromatic nitrogens is 2. The van der Waals surface area contributed by atoms with Gasteiger partial charge in [0, 0.05) is 31.8 Å². The van der Waals surface area contributed by atoms with Crippen molar-refractivity contribution in [1.29, 1.82) is 0 Å². The highest BCUT2D eigenvalue weighted by molar-refractivity contribution is 5.93. The summed E-state index contributed by atoms with van der Waals surface area (Å²) < 4.78 is 4.93. The minimum Gasteiger partial charge on any atom is -0.383 e. The SMILES string of the molecule is C=CCNc1cc(C(=O)NCCOC)nc(-c2ccccc2)n1. The second-order valence-corrected chi connectivity index (χ2v) is 4.75. The molecule has 0 unspecified atom stereocenters. The van der Waals surface area contributed by atoms with Gasteiger partial charge < -0.3 is 15.4 Å². The lowest BCUT2D eigenvalue weighted by Crippen LogP contribution is -2.28. The van der Waals surface area contributed by atoms with E-state index in [1.165, 1.54) is 0 Å². The van der Waals surface area contributed by atoms with Gasteiger partial charge in [-0.15, -0.1) is 6.58 Å². The molecule has 1 aromatic heterocycles. The van der Waals surface area contributed by atoms with Crippen molar-refractivity contribution in [2.75, 3.05) is 32.1 Å². The van der Waals surface area contributed by atoms with Gasteiger partial charge in [-0.1, -0.05) is 36.4 Å². The molecule has 6 nitrogen and oxygen atoms in total. The first kappa shape index (κ1) is 16.6. The van der Waals surface area contributed by atoms with E-state index in [1.54, 1.807) is 19.3 Å². The van der Waals surface area contributed by atoms with Crippen LogP contribution >= 0.6 is 0 Å². The Labute approximate surface area is 135 Å². The van der Waals surface area contributed by atoms with Crippen LogP contribution in [0.25, 0.3) is 11.4 Å². The van der Waals surface area contributed by atoms with Crippen LogP contribution in [0.4, 0.5) is 5.82 Å². The van der Waals surface area contributed by atoms with Crippen LogP contribution in [0.3, 0.4) is 0 Å². The number of carbonyl (C=O) groups is 1. The largest absolute Gasteiger partial charge is 0.383 e. The highest BCUT2D eigenvalue weighted by Crippen LogP contribution is 2.17. The molecule has 6 heteroatoms. The van der Waals surface area contributed by atoms with Crippen molar-refractivity contribution in [2.45, 2.75) is 0 Å². The first-order chi connectivity index (χ1) is 11.2. The highest BCUT2D eigenvalue weighted by atomic mass is 16.5. The Bertz CT molecular complexity index is 659. The second kappa shape index (κ2) is 8.65. The van der Waals surface area contributed by atoms with E-state index in [9.17, 15) is 4.79 Å². The summed E-state index contributed by atoms with van der Waals surface area (Å²) >= 11 is 0. The number of methoxy groups -OCH3 is 1. The first-order valence-electron chi connectivity index (χ1n) is 7.31. The minimum atomic E-state index is -0.261. The predicted molar refractivity (Wildman–Crippen MR) is 90.4 cm³/mol. The zero-order valence-corrected chi connectivity index (χ0v) is 13.1. The highest BCUT2D eigenvalue weighted by Gasteiger charge is 2.12. The molecule has 0 aliphatic heterocycles. The third-order valence-electron chi connectivity index (χ3n) is 3.01. The molecule has 0 radical (unpaired) electrons. The molecular weight excluding hydrogens is 292 g/mol. The average Bonchev–Trinajstić information content (AvgIpc) is 2.60. The monoisotopic (exact) mass is 312 g/mol. The molecule has 1 heterocycles. The Balaban J connectivity index is 2.29. The van der Waals surface area contributed by atoms with Gasteiger partial charge in [-0.25, -0.2) is 9.97 Å². The average molecular weight is 312 g/mol. The van der Waals surface area contributed by atoms with Gasteiger partial charge in [-0.2, -0.15) is 0 Å². The van der Waals surface area contributed by atoms with E-state index < -0.39 is 0 Å². The molecule has 2 rings (SSSR count). The van der Waals surface area contributed by atoms with E-state index in [0.29, 0.717) is 37.0 Å². The fourth-order valence-corrected chi connectivity index (χ4v) is 1.90. The van der Waals surface area contributed by atoms with Gasteiger partial charge in [-0.3, -0.25) is 4.79 Å². The number of rotatable bonds is 8. The molecule has 0 spiro atoms. The third-order valence-corrected chi connectivity index (χ3v) is 3.01. The van der Waals surface area contributed by atoms with Gasteiger partial charge in [0.1, 0.15) is 11.5 Å². The molecule has 0 saturated carbocycles. The Hall–Kier alpha value is -2.73. The molecule has 1 amide bonds. The molecule has 2 N–H and O–H groups in total. The summed E-state index contributed by atoms with van der Waals surface area (Å²) in [5.74, 6) is 0.815. The van der Waals surface area contributed by atoms with E-state index in [-0.39, 0.29) is 5.91 Å². The zero-order valence-electron chi connectivity index (χ0n) is 13.1. The number of nitrogens with zero attached hydrogens (tertiary/aromatic N) is 2. The number of carbonyl (C=O) groups excluding carboxylic acids is 1. The lowest BCUT2D eigenvalue weighted by Gasteiger charge is -2.09. The van der Waals surface area contributed by atoms with Gasteiger partial charge in [0.15, 0.2) is 5.82 Å². The van der Waals surface area contributed by atoms with Gasteiger partial charge in [0.2, 0.25) is 0 Å². The van der Waals surface area contributed by atoms with Gasteiger partial charge in [0.25, 0.3) is 5.91 Å². The molecule has 0 bridgehead atoms. The van der Waals surface area contributed by atoms with Crippen molar-refractivity contribution in [3.05, 3.63) is 54.7 Å².